The molecular formula is C12H22N2O2. The van der Waals surface area contributed by atoms with Gasteiger partial charge in [-0.3, -0.25) is 4.79 Å². The molecule has 0 amide bonds. The second kappa shape index (κ2) is 3.20. The monoisotopic (exact) mass is 226 g/mol. The van der Waals surface area contributed by atoms with E-state index in [-0.39, 0.29) is 11.1 Å². The lowest BCUT2D eigenvalue weighted by molar-refractivity contribution is -0.149. The lowest BCUT2D eigenvalue weighted by atomic mass is 9.61. The number of rotatable bonds is 1. The second-order valence-electron chi connectivity index (χ2n) is 6.57. The van der Waals surface area contributed by atoms with E-state index in [2.05, 4.69) is 26.1 Å². The zero-order valence-electron chi connectivity index (χ0n) is 10.3. The molecule has 0 aromatic carbocycles. The molecule has 2 bridgehead atoms. The van der Waals surface area contributed by atoms with Crippen LogP contribution in [0.25, 0.3) is 0 Å². The van der Waals surface area contributed by atoms with Crippen molar-refractivity contribution < 1.29 is 9.90 Å². The van der Waals surface area contributed by atoms with Gasteiger partial charge in [0.25, 0.3) is 0 Å². The summed E-state index contributed by atoms with van der Waals surface area (Å²) >= 11 is 0. The Labute approximate surface area is 96.6 Å². The van der Waals surface area contributed by atoms with Crippen LogP contribution in [0.4, 0.5) is 0 Å². The molecule has 2 heterocycles. The van der Waals surface area contributed by atoms with Gasteiger partial charge in [-0.05, 0) is 45.4 Å². The van der Waals surface area contributed by atoms with Crippen molar-refractivity contribution in [2.75, 3.05) is 0 Å². The van der Waals surface area contributed by atoms with Gasteiger partial charge in [-0.1, -0.05) is 6.92 Å². The Morgan fingerprint density at radius 1 is 1.31 bits per heavy atom. The molecule has 2 unspecified atom stereocenters. The average Bonchev–Trinajstić information content (AvgIpc) is 1.95. The number of hydrogen-bond donors (Lipinski definition) is 3. The first-order valence-corrected chi connectivity index (χ1v) is 5.98. The number of carboxylic acids is 1. The zero-order valence-corrected chi connectivity index (χ0v) is 10.3. The van der Waals surface area contributed by atoms with Gasteiger partial charge in [0.1, 0.15) is 5.54 Å². The van der Waals surface area contributed by atoms with Crippen molar-refractivity contribution in [1.82, 2.24) is 5.32 Å². The molecule has 0 radical (unpaired) electrons. The third-order valence-corrected chi connectivity index (χ3v) is 4.04. The van der Waals surface area contributed by atoms with Gasteiger partial charge in [-0.2, -0.15) is 0 Å². The number of nitrogens with two attached hydrogens (primary N) is 1. The first kappa shape index (κ1) is 11.9. The first-order valence-electron chi connectivity index (χ1n) is 5.98. The molecule has 0 aliphatic carbocycles. The van der Waals surface area contributed by atoms with Crippen molar-refractivity contribution in [2.24, 2.45) is 11.7 Å². The van der Waals surface area contributed by atoms with Gasteiger partial charge >= 0.3 is 5.97 Å². The summed E-state index contributed by atoms with van der Waals surface area (Å²) in [6.07, 6.45) is 3.06. The lowest BCUT2D eigenvalue weighted by Gasteiger charge is -2.57. The van der Waals surface area contributed by atoms with Crippen LogP contribution >= 0.6 is 0 Å². The third-order valence-electron chi connectivity index (χ3n) is 4.04. The van der Waals surface area contributed by atoms with E-state index < -0.39 is 11.5 Å². The second-order valence-corrected chi connectivity index (χ2v) is 6.57. The maximum Gasteiger partial charge on any atom is 0.323 e. The van der Waals surface area contributed by atoms with E-state index >= 15 is 0 Å². The molecule has 4 N–H and O–H groups in total. The Morgan fingerprint density at radius 2 is 1.75 bits per heavy atom. The largest absolute Gasteiger partial charge is 0.480 e. The predicted octanol–water partition coefficient (Wildman–Crippen LogP) is 1.10. The standard InChI is InChI=1S/C12H22N2O2/c1-8-4-10(2)6-12(13,9(15)16)7-11(3,5-8)14-10/h8,14H,4-7,13H2,1-3H3,(H,15,16)/t8?,10-,11+,12?. The number of carbonyl (C=O) groups is 1. The van der Waals surface area contributed by atoms with E-state index in [9.17, 15) is 9.90 Å². The van der Waals surface area contributed by atoms with Crippen LogP contribution in [0.1, 0.15) is 46.5 Å². The molecule has 2 aliphatic rings. The van der Waals surface area contributed by atoms with Crippen LogP contribution in [0, 0.1) is 5.92 Å². The summed E-state index contributed by atoms with van der Waals surface area (Å²) < 4.78 is 0. The first-order chi connectivity index (χ1) is 7.17. The highest BCUT2D eigenvalue weighted by molar-refractivity contribution is 5.79. The lowest BCUT2D eigenvalue weighted by Crippen LogP contribution is -2.73. The molecule has 4 nitrogen and oxygen atoms in total. The van der Waals surface area contributed by atoms with Gasteiger partial charge < -0.3 is 16.2 Å². The van der Waals surface area contributed by atoms with Gasteiger partial charge in [0.05, 0.1) is 0 Å². The van der Waals surface area contributed by atoms with Crippen molar-refractivity contribution in [3.8, 4) is 0 Å². The minimum atomic E-state index is -1.06. The highest BCUT2D eigenvalue weighted by Gasteiger charge is 2.55. The molecular weight excluding hydrogens is 204 g/mol. The summed E-state index contributed by atoms with van der Waals surface area (Å²) in [6.45, 7) is 6.44. The minimum absolute atomic E-state index is 0.127. The molecule has 4 atom stereocenters. The van der Waals surface area contributed by atoms with Crippen LogP contribution < -0.4 is 11.1 Å². The number of aliphatic carboxylic acids is 1. The van der Waals surface area contributed by atoms with Crippen LogP contribution in [0.15, 0.2) is 0 Å². The van der Waals surface area contributed by atoms with Crippen molar-refractivity contribution >= 4 is 5.97 Å². The molecule has 92 valence electrons. The quantitative estimate of drug-likeness (QED) is 0.626. The Balaban J connectivity index is 2.33. The Hall–Kier alpha value is -0.610. The number of hydrogen-bond acceptors (Lipinski definition) is 3. The van der Waals surface area contributed by atoms with Crippen LogP contribution in [0.3, 0.4) is 0 Å². The molecule has 4 heteroatoms. The van der Waals surface area contributed by atoms with E-state index in [1.54, 1.807) is 0 Å². The SMILES string of the molecule is CC1C[C@@]2(C)CC(N)(C(=O)O)C[C@@](C)(C1)N2. The predicted molar refractivity (Wildman–Crippen MR) is 62.1 cm³/mol. The Kier molecular flexibility index (Phi) is 2.37. The smallest absolute Gasteiger partial charge is 0.323 e. The van der Waals surface area contributed by atoms with E-state index in [0.717, 1.165) is 12.8 Å². The van der Waals surface area contributed by atoms with E-state index in [4.69, 9.17) is 5.73 Å². The molecule has 0 aromatic heterocycles. The highest BCUT2D eigenvalue weighted by Crippen LogP contribution is 2.45. The number of piperidine rings is 2. The molecule has 2 fully saturated rings. The van der Waals surface area contributed by atoms with E-state index in [1.165, 1.54) is 0 Å². The molecule has 0 spiro atoms. The molecule has 0 aromatic rings. The molecule has 16 heavy (non-hydrogen) atoms. The maximum absolute atomic E-state index is 11.3. The average molecular weight is 226 g/mol. The van der Waals surface area contributed by atoms with Crippen molar-refractivity contribution in [2.45, 2.75) is 63.1 Å². The van der Waals surface area contributed by atoms with E-state index in [0.29, 0.717) is 18.8 Å². The molecule has 2 aliphatic heterocycles. The fourth-order valence-corrected chi connectivity index (χ4v) is 4.28. The van der Waals surface area contributed by atoms with Gasteiger partial charge in [0, 0.05) is 11.1 Å². The van der Waals surface area contributed by atoms with Crippen molar-refractivity contribution in [3.63, 3.8) is 0 Å². The van der Waals surface area contributed by atoms with Crippen LogP contribution in [-0.4, -0.2) is 27.7 Å². The molecule has 2 saturated heterocycles. The Morgan fingerprint density at radius 3 is 2.12 bits per heavy atom. The van der Waals surface area contributed by atoms with Gasteiger partial charge in [-0.25, -0.2) is 0 Å². The third kappa shape index (κ3) is 1.84. The molecule has 0 saturated carbocycles. The fourth-order valence-electron chi connectivity index (χ4n) is 4.28. The summed E-state index contributed by atoms with van der Waals surface area (Å²) in [5.41, 5.74) is 4.75. The van der Waals surface area contributed by atoms with Crippen LogP contribution in [0.2, 0.25) is 0 Å². The van der Waals surface area contributed by atoms with Gasteiger partial charge in [-0.15, -0.1) is 0 Å². The number of fused-ring (bicyclic) bond motifs is 2. The van der Waals surface area contributed by atoms with Crippen LogP contribution in [0.5, 0.6) is 0 Å². The Bertz CT molecular complexity index is 311. The fraction of sp³-hybridized carbons (Fsp3) is 0.917. The highest BCUT2D eigenvalue weighted by atomic mass is 16.4. The summed E-state index contributed by atoms with van der Waals surface area (Å²) in [5.74, 6) is -0.226. The van der Waals surface area contributed by atoms with Crippen molar-refractivity contribution in [1.29, 1.82) is 0 Å². The number of nitrogens with one attached hydrogen (secondary N) is 1. The topological polar surface area (TPSA) is 75.4 Å². The zero-order chi connectivity index (χ0) is 12.2. The van der Waals surface area contributed by atoms with Gasteiger partial charge in [0.2, 0.25) is 0 Å². The number of carboxylic acid groups (broad SMARTS) is 1. The normalized spacial score (nSPS) is 52.4. The summed E-state index contributed by atoms with van der Waals surface area (Å²) in [6, 6.07) is 0. The summed E-state index contributed by atoms with van der Waals surface area (Å²) in [5, 5.41) is 12.9. The van der Waals surface area contributed by atoms with Gasteiger partial charge in [0.15, 0.2) is 0 Å². The summed E-state index contributed by atoms with van der Waals surface area (Å²) in [4.78, 5) is 11.3. The minimum Gasteiger partial charge on any atom is -0.480 e. The van der Waals surface area contributed by atoms with Crippen LogP contribution in [-0.2, 0) is 4.79 Å². The van der Waals surface area contributed by atoms with Crippen molar-refractivity contribution in [3.05, 3.63) is 0 Å². The maximum atomic E-state index is 11.3. The summed E-state index contributed by atoms with van der Waals surface area (Å²) in [7, 11) is 0. The van der Waals surface area contributed by atoms with E-state index in [1.807, 2.05) is 0 Å². The molecule has 2 rings (SSSR count).